The molecule has 1 fully saturated rings. The minimum absolute atomic E-state index is 0.0988. The van der Waals surface area contributed by atoms with Crippen LogP contribution in [0.25, 0.3) is 6.08 Å². The molecular weight excluding hydrogens is 519 g/mol. The second-order valence-electron chi connectivity index (χ2n) is 7.70. The summed E-state index contributed by atoms with van der Waals surface area (Å²) in [5, 5.41) is 2.21. The average molecular weight is 539 g/mol. The van der Waals surface area contributed by atoms with Crippen molar-refractivity contribution in [1.29, 1.82) is 0 Å². The van der Waals surface area contributed by atoms with Gasteiger partial charge in [-0.25, -0.2) is 14.1 Å². The van der Waals surface area contributed by atoms with Gasteiger partial charge < -0.3 is 9.47 Å². The number of carbonyl (C=O) groups excluding carboxylic acids is 3. The van der Waals surface area contributed by atoms with Crippen molar-refractivity contribution in [3.63, 3.8) is 0 Å². The van der Waals surface area contributed by atoms with Gasteiger partial charge in [0.15, 0.2) is 11.5 Å². The maximum Gasteiger partial charge on any atom is 0.335 e. The SMILES string of the molecule is COc1cc(/C=C2\C(=O)NC(=O)N(c3ccccc3C)C2=O)cc(Br)c1OCc1cccc(F)c1. The van der Waals surface area contributed by atoms with Crippen LogP contribution < -0.4 is 19.7 Å². The molecule has 4 rings (SSSR count). The first-order valence-electron chi connectivity index (χ1n) is 10.5. The van der Waals surface area contributed by atoms with E-state index in [9.17, 15) is 18.8 Å². The molecular formula is C26H20BrFN2O5. The van der Waals surface area contributed by atoms with Gasteiger partial charge in [0.25, 0.3) is 11.8 Å². The third-order valence-corrected chi connectivity index (χ3v) is 5.88. The zero-order valence-corrected chi connectivity index (χ0v) is 20.4. The molecule has 3 aromatic carbocycles. The van der Waals surface area contributed by atoms with Crippen LogP contribution in [0.2, 0.25) is 0 Å². The quantitative estimate of drug-likeness (QED) is 0.346. The first-order valence-corrected chi connectivity index (χ1v) is 11.3. The van der Waals surface area contributed by atoms with Gasteiger partial charge >= 0.3 is 6.03 Å². The lowest BCUT2D eigenvalue weighted by molar-refractivity contribution is -0.122. The fourth-order valence-electron chi connectivity index (χ4n) is 3.60. The van der Waals surface area contributed by atoms with Crippen molar-refractivity contribution in [3.05, 3.63) is 93.2 Å². The van der Waals surface area contributed by atoms with Crippen molar-refractivity contribution in [2.75, 3.05) is 12.0 Å². The number of benzene rings is 3. The van der Waals surface area contributed by atoms with E-state index in [0.29, 0.717) is 38.3 Å². The Morgan fingerprint density at radius 3 is 2.54 bits per heavy atom. The first kappa shape index (κ1) is 24.2. The summed E-state index contributed by atoms with van der Waals surface area (Å²) in [7, 11) is 1.45. The summed E-state index contributed by atoms with van der Waals surface area (Å²) in [4.78, 5) is 39.1. The van der Waals surface area contributed by atoms with Crippen molar-refractivity contribution >= 4 is 45.5 Å². The lowest BCUT2D eigenvalue weighted by atomic mass is 10.1. The molecule has 1 heterocycles. The summed E-state index contributed by atoms with van der Waals surface area (Å²) in [6, 6.07) is 15.3. The number of amides is 4. The largest absolute Gasteiger partial charge is 0.493 e. The van der Waals surface area contributed by atoms with E-state index >= 15 is 0 Å². The van der Waals surface area contributed by atoms with E-state index in [1.807, 2.05) is 0 Å². The van der Waals surface area contributed by atoms with Gasteiger partial charge in [-0.1, -0.05) is 30.3 Å². The predicted molar refractivity (Wildman–Crippen MR) is 132 cm³/mol. The van der Waals surface area contributed by atoms with Gasteiger partial charge in [-0.05, 0) is 76.0 Å². The molecule has 0 aromatic heterocycles. The fraction of sp³-hybridized carbons (Fsp3) is 0.115. The Labute approximate surface area is 209 Å². The van der Waals surface area contributed by atoms with E-state index in [2.05, 4.69) is 21.2 Å². The number of hydrogen-bond acceptors (Lipinski definition) is 5. The maximum absolute atomic E-state index is 13.5. The molecule has 1 aliphatic rings. The van der Waals surface area contributed by atoms with Crippen LogP contribution in [0.15, 0.2) is 70.7 Å². The number of methoxy groups -OCH3 is 1. The Hall–Kier alpha value is -3.98. The second-order valence-corrected chi connectivity index (χ2v) is 8.55. The molecule has 1 N–H and O–H groups in total. The van der Waals surface area contributed by atoms with Gasteiger partial charge in [-0.3, -0.25) is 14.9 Å². The Bertz CT molecular complexity index is 1370. The van der Waals surface area contributed by atoms with E-state index in [4.69, 9.17) is 9.47 Å². The molecule has 0 atom stereocenters. The highest BCUT2D eigenvalue weighted by atomic mass is 79.9. The zero-order valence-electron chi connectivity index (χ0n) is 18.8. The minimum atomic E-state index is -0.814. The molecule has 3 aromatic rings. The number of hydrogen-bond donors (Lipinski definition) is 1. The molecule has 0 unspecified atom stereocenters. The summed E-state index contributed by atoms with van der Waals surface area (Å²) >= 11 is 3.43. The summed E-state index contributed by atoms with van der Waals surface area (Å²) in [5.41, 5.74) is 1.97. The maximum atomic E-state index is 13.5. The van der Waals surface area contributed by atoms with Gasteiger partial charge in [0.1, 0.15) is 18.0 Å². The topological polar surface area (TPSA) is 84.9 Å². The van der Waals surface area contributed by atoms with Crippen LogP contribution in [-0.4, -0.2) is 25.0 Å². The summed E-state index contributed by atoms with van der Waals surface area (Å²) < 4.78 is 25.2. The van der Waals surface area contributed by atoms with Crippen LogP contribution in [0.5, 0.6) is 11.5 Å². The normalized spacial score (nSPS) is 14.8. The van der Waals surface area contributed by atoms with Gasteiger partial charge in [0.05, 0.1) is 17.3 Å². The zero-order chi connectivity index (χ0) is 25.1. The molecule has 4 amide bonds. The molecule has 0 bridgehead atoms. The number of urea groups is 1. The summed E-state index contributed by atoms with van der Waals surface area (Å²) in [6.07, 6.45) is 1.37. The number of imide groups is 2. The number of nitrogens with one attached hydrogen (secondary N) is 1. The summed E-state index contributed by atoms with van der Waals surface area (Å²) in [6.45, 7) is 1.86. The number of halogens is 2. The predicted octanol–water partition coefficient (Wildman–Crippen LogP) is 5.15. The molecule has 178 valence electrons. The minimum Gasteiger partial charge on any atom is -0.493 e. The Morgan fingerprint density at radius 1 is 1.06 bits per heavy atom. The molecule has 0 saturated carbocycles. The van der Waals surface area contributed by atoms with E-state index in [0.717, 1.165) is 4.90 Å². The Morgan fingerprint density at radius 2 is 1.83 bits per heavy atom. The number of barbiturate groups is 1. The van der Waals surface area contributed by atoms with Crippen LogP contribution in [0.1, 0.15) is 16.7 Å². The molecule has 0 spiro atoms. The number of nitrogens with zero attached hydrogens (tertiary/aromatic N) is 1. The molecule has 35 heavy (non-hydrogen) atoms. The van der Waals surface area contributed by atoms with E-state index in [-0.39, 0.29) is 18.0 Å². The van der Waals surface area contributed by atoms with Crippen molar-refractivity contribution in [3.8, 4) is 11.5 Å². The standard InChI is InChI=1S/C26H20BrFN2O5/c1-15-6-3-4-9-21(15)30-25(32)19(24(31)29-26(30)33)11-17-12-20(27)23(22(13-17)34-2)35-14-16-7-5-8-18(28)10-16/h3-13H,14H2,1-2H3,(H,29,31,33)/b19-11+. The number of ether oxygens (including phenoxy) is 2. The monoisotopic (exact) mass is 538 g/mol. The number of anilines is 1. The fourth-order valence-corrected chi connectivity index (χ4v) is 4.18. The molecule has 0 aliphatic carbocycles. The Balaban J connectivity index is 1.65. The third-order valence-electron chi connectivity index (χ3n) is 5.29. The molecule has 1 saturated heterocycles. The first-order chi connectivity index (χ1) is 16.8. The molecule has 7 nitrogen and oxygen atoms in total. The van der Waals surface area contributed by atoms with Gasteiger partial charge in [0, 0.05) is 0 Å². The molecule has 1 aliphatic heterocycles. The van der Waals surface area contributed by atoms with Crippen LogP contribution in [0.3, 0.4) is 0 Å². The Kier molecular flexibility index (Phi) is 6.97. The van der Waals surface area contributed by atoms with E-state index < -0.39 is 17.8 Å². The van der Waals surface area contributed by atoms with E-state index in [1.54, 1.807) is 55.5 Å². The van der Waals surface area contributed by atoms with Gasteiger partial charge in [-0.15, -0.1) is 0 Å². The van der Waals surface area contributed by atoms with Crippen molar-refractivity contribution in [1.82, 2.24) is 5.32 Å². The van der Waals surface area contributed by atoms with Crippen molar-refractivity contribution in [2.45, 2.75) is 13.5 Å². The van der Waals surface area contributed by atoms with Crippen LogP contribution in [0, 0.1) is 12.7 Å². The molecule has 0 radical (unpaired) electrons. The van der Waals surface area contributed by atoms with Crippen LogP contribution in [-0.2, 0) is 16.2 Å². The molecule has 9 heteroatoms. The van der Waals surface area contributed by atoms with Gasteiger partial charge in [0.2, 0.25) is 0 Å². The summed E-state index contributed by atoms with van der Waals surface area (Å²) in [5.74, 6) is -1.21. The smallest absolute Gasteiger partial charge is 0.335 e. The number of aryl methyl sites for hydroxylation is 1. The second kappa shape index (κ2) is 10.1. The van der Waals surface area contributed by atoms with Crippen molar-refractivity contribution < 1.29 is 28.2 Å². The highest BCUT2D eigenvalue weighted by Gasteiger charge is 2.37. The lowest BCUT2D eigenvalue weighted by Gasteiger charge is -2.27. The van der Waals surface area contributed by atoms with Gasteiger partial charge in [-0.2, -0.15) is 0 Å². The van der Waals surface area contributed by atoms with Crippen molar-refractivity contribution in [2.24, 2.45) is 0 Å². The average Bonchev–Trinajstić information content (AvgIpc) is 2.82. The highest BCUT2D eigenvalue weighted by Crippen LogP contribution is 2.38. The van der Waals surface area contributed by atoms with Crippen LogP contribution in [0.4, 0.5) is 14.9 Å². The third kappa shape index (κ3) is 5.09. The van der Waals surface area contributed by atoms with E-state index in [1.165, 1.54) is 25.3 Å². The number of para-hydroxylation sites is 1. The lowest BCUT2D eigenvalue weighted by Crippen LogP contribution is -2.54. The van der Waals surface area contributed by atoms with Crippen LogP contribution >= 0.6 is 15.9 Å². The number of carbonyl (C=O) groups is 3. The highest BCUT2D eigenvalue weighted by molar-refractivity contribution is 9.10. The number of rotatable bonds is 6.